The summed E-state index contributed by atoms with van der Waals surface area (Å²) in [6, 6.07) is 42.5. The van der Waals surface area contributed by atoms with Crippen LogP contribution in [0.2, 0.25) is 0 Å². The van der Waals surface area contributed by atoms with Gasteiger partial charge in [-0.1, -0.05) is 53.9 Å². The fraction of sp³-hybridized carbons (Fsp3) is 0. The molecule has 3 nitrogen and oxygen atoms in total. The van der Waals surface area contributed by atoms with E-state index in [2.05, 4.69) is 53.3 Å². The van der Waals surface area contributed by atoms with Crippen molar-refractivity contribution in [2.75, 3.05) is 0 Å². The minimum atomic E-state index is 0. The van der Waals surface area contributed by atoms with E-state index >= 15 is 0 Å². The number of allylic oxidation sites excluding steroid dienone is 2. The average molecular weight is 654 g/mol. The zero-order valence-electron chi connectivity index (χ0n) is 19.8. The monoisotopic (exact) mass is 654 g/mol. The van der Waals surface area contributed by atoms with Gasteiger partial charge in [0.25, 0.3) is 0 Å². The van der Waals surface area contributed by atoms with Crippen molar-refractivity contribution >= 4 is 39.1 Å². The van der Waals surface area contributed by atoms with Crippen LogP contribution in [0.4, 0.5) is 5.69 Å². The standard InChI is InChI=1S/C22H13NO.C11H8N.Ir/c1-2-6-18(7-3-1)23-13-12-17(15-23)16-10-11-22-20(14-16)19-8-4-5-9-21(19)24-22;1-2-6-10(7-3-1)11-8-4-5-9-12-11;/h1-9,11-14H;1-6,8-9H;/q;-1;. The molecule has 37 heavy (non-hydrogen) atoms. The van der Waals surface area contributed by atoms with E-state index in [-0.39, 0.29) is 20.1 Å². The summed E-state index contributed by atoms with van der Waals surface area (Å²) < 4.78 is 7.87. The smallest absolute Gasteiger partial charge is 0.219 e. The van der Waals surface area contributed by atoms with E-state index in [1.54, 1.807) is 6.20 Å². The molecule has 0 unspecified atom stereocenters. The Morgan fingerprint density at radius 3 is 2.35 bits per heavy atom. The molecule has 6 aromatic rings. The first-order valence-corrected chi connectivity index (χ1v) is 11.7. The van der Waals surface area contributed by atoms with Gasteiger partial charge in [0.15, 0.2) is 6.20 Å². The molecule has 0 saturated heterocycles. The van der Waals surface area contributed by atoms with Crippen LogP contribution >= 0.6 is 0 Å². The Labute approximate surface area is 229 Å². The predicted octanol–water partition coefficient (Wildman–Crippen LogP) is 7.86. The van der Waals surface area contributed by atoms with E-state index in [1.807, 2.05) is 95.7 Å². The summed E-state index contributed by atoms with van der Waals surface area (Å²) in [5.41, 5.74) is 6.91. The Hall–Kier alpha value is -4.33. The number of nitrogens with zero attached hydrogens (tertiary/aromatic N) is 2. The fourth-order valence-electron chi connectivity index (χ4n) is 4.14. The summed E-state index contributed by atoms with van der Waals surface area (Å²) in [4.78, 5) is 4.22. The van der Waals surface area contributed by atoms with Crippen LogP contribution in [0.15, 0.2) is 132 Å². The molecule has 3 heterocycles. The first-order valence-electron chi connectivity index (χ1n) is 11.7. The number of furan rings is 1. The maximum Gasteiger partial charge on any atom is 0.219 e. The normalized spacial score (nSPS) is 11.9. The number of benzene rings is 4. The Kier molecular flexibility index (Phi) is 7.35. The Morgan fingerprint density at radius 1 is 0.730 bits per heavy atom. The van der Waals surface area contributed by atoms with E-state index in [0.717, 1.165) is 50.0 Å². The first-order chi connectivity index (χ1) is 17.8. The molecule has 0 atom stereocenters. The Balaban J connectivity index is 0.000000183. The van der Waals surface area contributed by atoms with Crippen molar-refractivity contribution < 1.29 is 29.1 Å². The second kappa shape index (κ2) is 11.2. The van der Waals surface area contributed by atoms with Gasteiger partial charge < -0.3 is 9.40 Å². The molecular weight excluding hydrogens is 633 g/mol. The average Bonchev–Trinajstić information content (AvgIpc) is 3.60. The van der Waals surface area contributed by atoms with Gasteiger partial charge in [-0.2, -0.15) is 0 Å². The molecule has 1 aliphatic rings. The molecule has 0 fully saturated rings. The minimum Gasteiger partial charge on any atom is -0.500 e. The number of rotatable bonds is 3. The van der Waals surface area contributed by atoms with E-state index in [9.17, 15) is 0 Å². The van der Waals surface area contributed by atoms with E-state index < -0.39 is 0 Å². The largest absolute Gasteiger partial charge is 0.500 e. The number of fused-ring (bicyclic) bond motifs is 3. The molecule has 1 radical (unpaired) electrons. The summed E-state index contributed by atoms with van der Waals surface area (Å²) in [5, 5.41) is 2.24. The third-order valence-electron chi connectivity index (χ3n) is 5.92. The van der Waals surface area contributed by atoms with Crippen LogP contribution in [0, 0.1) is 12.1 Å². The third-order valence-corrected chi connectivity index (χ3v) is 5.92. The van der Waals surface area contributed by atoms with Crippen molar-refractivity contribution in [3.63, 3.8) is 0 Å². The van der Waals surface area contributed by atoms with Crippen LogP contribution < -0.4 is 0 Å². The van der Waals surface area contributed by atoms with Crippen molar-refractivity contribution in [3.05, 3.63) is 145 Å². The van der Waals surface area contributed by atoms with Gasteiger partial charge in [0.05, 0.1) is 5.58 Å². The van der Waals surface area contributed by atoms with Gasteiger partial charge in [0.1, 0.15) is 11.5 Å². The molecule has 0 aliphatic carbocycles. The van der Waals surface area contributed by atoms with Crippen LogP contribution in [0.1, 0.15) is 5.56 Å². The maximum absolute atomic E-state index is 5.87. The molecule has 7 rings (SSSR count). The second-order valence-electron chi connectivity index (χ2n) is 8.26. The quantitative estimate of drug-likeness (QED) is 0.144. The minimum absolute atomic E-state index is 0. The summed E-state index contributed by atoms with van der Waals surface area (Å²) in [5.74, 6) is 3.41. The van der Waals surface area contributed by atoms with Crippen molar-refractivity contribution in [1.82, 2.24) is 4.98 Å². The van der Waals surface area contributed by atoms with Crippen LogP contribution in [-0.2, 0) is 20.1 Å². The molecule has 0 spiro atoms. The first kappa shape index (κ1) is 24.4. The number of para-hydroxylation sites is 2. The molecule has 0 amide bonds. The fourth-order valence-corrected chi connectivity index (χ4v) is 4.14. The molecule has 179 valence electrons. The molecular formula is C33H21IrN2O-. The summed E-state index contributed by atoms with van der Waals surface area (Å²) in [6.07, 6.45) is 5.87. The molecule has 0 bridgehead atoms. The Bertz CT molecular complexity index is 1710. The van der Waals surface area contributed by atoms with Gasteiger partial charge in [0.2, 0.25) is 5.69 Å². The predicted molar refractivity (Wildman–Crippen MR) is 145 cm³/mol. The SMILES string of the molecule is C1=C(c2[c-]cc3oc4ccccc4c3c2)C=C[N+]=1c1ccccc1.[Ir].[c-]1ccccc1-c1ccccn1. The summed E-state index contributed by atoms with van der Waals surface area (Å²) in [7, 11) is 0. The van der Waals surface area contributed by atoms with Crippen molar-refractivity contribution in [2.45, 2.75) is 0 Å². The van der Waals surface area contributed by atoms with E-state index in [4.69, 9.17) is 4.42 Å². The van der Waals surface area contributed by atoms with Gasteiger partial charge in [-0.3, -0.25) is 0 Å². The van der Waals surface area contributed by atoms with Crippen LogP contribution in [0.5, 0.6) is 0 Å². The van der Waals surface area contributed by atoms with Gasteiger partial charge in [-0.25, -0.2) is 0 Å². The number of hydrogen-bond donors (Lipinski definition) is 0. The molecule has 2 aromatic heterocycles. The maximum atomic E-state index is 5.87. The van der Waals surface area contributed by atoms with Crippen molar-refractivity contribution in [1.29, 1.82) is 0 Å². The molecule has 0 N–H and O–H groups in total. The zero-order valence-corrected chi connectivity index (χ0v) is 22.2. The number of hydrogen-bond acceptors (Lipinski definition) is 2. The number of aromatic nitrogens is 1. The van der Waals surface area contributed by atoms with Gasteiger partial charge in [-0.15, -0.1) is 64.2 Å². The molecule has 4 heteroatoms. The van der Waals surface area contributed by atoms with Gasteiger partial charge in [-0.05, 0) is 23.9 Å². The topological polar surface area (TPSA) is 29.0 Å². The zero-order chi connectivity index (χ0) is 24.2. The van der Waals surface area contributed by atoms with Crippen molar-refractivity contribution in [3.8, 4) is 11.3 Å². The van der Waals surface area contributed by atoms with Gasteiger partial charge in [0, 0.05) is 49.4 Å². The molecule has 0 saturated carbocycles. The van der Waals surface area contributed by atoms with Gasteiger partial charge >= 0.3 is 0 Å². The Morgan fingerprint density at radius 2 is 1.54 bits per heavy atom. The second-order valence-corrected chi connectivity index (χ2v) is 8.26. The van der Waals surface area contributed by atoms with E-state index in [0.29, 0.717) is 0 Å². The number of pyridine rings is 1. The van der Waals surface area contributed by atoms with Crippen LogP contribution in [0.3, 0.4) is 0 Å². The van der Waals surface area contributed by atoms with Crippen molar-refractivity contribution in [2.24, 2.45) is 0 Å². The molecule has 4 aromatic carbocycles. The summed E-state index contributed by atoms with van der Waals surface area (Å²) in [6.45, 7) is 0. The van der Waals surface area contributed by atoms with Crippen LogP contribution in [0.25, 0.3) is 38.8 Å². The summed E-state index contributed by atoms with van der Waals surface area (Å²) >= 11 is 0. The van der Waals surface area contributed by atoms with Crippen LogP contribution in [-0.4, -0.2) is 15.4 Å². The molecule has 1 aliphatic heterocycles. The third kappa shape index (κ3) is 5.28. The van der Waals surface area contributed by atoms with E-state index in [1.165, 1.54) is 0 Å².